The fraction of sp³-hybridized carbons (Fsp3) is 0.609. The van der Waals surface area contributed by atoms with Crippen molar-refractivity contribution in [2.75, 3.05) is 19.6 Å². The molecular formula is C23H35IN6. The van der Waals surface area contributed by atoms with Crippen LogP contribution in [-0.2, 0) is 19.5 Å². The van der Waals surface area contributed by atoms with Crippen molar-refractivity contribution in [1.82, 2.24) is 25.0 Å². The average molecular weight is 522 g/mol. The Labute approximate surface area is 197 Å². The molecule has 1 aromatic carbocycles. The van der Waals surface area contributed by atoms with Gasteiger partial charge in [0.15, 0.2) is 11.8 Å². The summed E-state index contributed by atoms with van der Waals surface area (Å²) in [6.07, 6.45) is 5.84. The summed E-state index contributed by atoms with van der Waals surface area (Å²) in [6, 6.07) is 11.0. The standard InChI is InChI=1S/C23H34N6.HI/c1-3-18-17-28(15-13-20(18)19-10-6-5-7-11-19)23(24-4-2)25-16-22-27-26-21-12-8-9-14-29(21)22;/h5-7,10-11,18,20H,3-4,8-9,12-17H2,1-2H3,(H,24,25);1H. The maximum Gasteiger partial charge on any atom is 0.194 e. The third kappa shape index (κ3) is 5.15. The van der Waals surface area contributed by atoms with Crippen molar-refractivity contribution < 1.29 is 0 Å². The molecule has 2 atom stereocenters. The normalized spacial score (nSPS) is 21.7. The summed E-state index contributed by atoms with van der Waals surface area (Å²) in [5.41, 5.74) is 1.48. The number of rotatable bonds is 5. The molecule has 0 amide bonds. The van der Waals surface area contributed by atoms with E-state index in [1.807, 2.05) is 0 Å². The van der Waals surface area contributed by atoms with Crippen LogP contribution in [0.3, 0.4) is 0 Å². The van der Waals surface area contributed by atoms with Gasteiger partial charge in [0.1, 0.15) is 12.4 Å². The Morgan fingerprint density at radius 3 is 2.73 bits per heavy atom. The van der Waals surface area contributed by atoms with E-state index in [9.17, 15) is 0 Å². The van der Waals surface area contributed by atoms with Gasteiger partial charge in [0, 0.05) is 32.6 Å². The molecule has 6 nitrogen and oxygen atoms in total. The highest BCUT2D eigenvalue weighted by atomic mass is 127. The number of hydrogen-bond acceptors (Lipinski definition) is 3. The number of aryl methyl sites for hydroxylation is 1. The topological polar surface area (TPSA) is 58.3 Å². The quantitative estimate of drug-likeness (QED) is 0.363. The smallest absolute Gasteiger partial charge is 0.194 e. The Hall–Kier alpha value is -1.64. The highest BCUT2D eigenvalue weighted by Gasteiger charge is 2.30. The number of hydrogen-bond donors (Lipinski definition) is 1. The molecule has 0 saturated carbocycles. The van der Waals surface area contributed by atoms with Crippen LogP contribution in [0.2, 0.25) is 0 Å². The number of benzene rings is 1. The van der Waals surface area contributed by atoms with Crippen molar-refractivity contribution in [2.45, 2.75) is 65.0 Å². The zero-order chi connectivity index (χ0) is 20.1. The first-order chi connectivity index (χ1) is 14.3. The minimum atomic E-state index is 0. The summed E-state index contributed by atoms with van der Waals surface area (Å²) in [6.45, 7) is 9.07. The van der Waals surface area contributed by atoms with Gasteiger partial charge in [-0.25, -0.2) is 4.99 Å². The first kappa shape index (κ1) is 23.0. The van der Waals surface area contributed by atoms with Gasteiger partial charge in [-0.05, 0) is 43.6 Å². The summed E-state index contributed by atoms with van der Waals surface area (Å²) in [7, 11) is 0. The highest BCUT2D eigenvalue weighted by Crippen LogP contribution is 2.34. The molecule has 2 aliphatic heterocycles. The zero-order valence-corrected chi connectivity index (χ0v) is 20.6. The molecule has 30 heavy (non-hydrogen) atoms. The second kappa shape index (κ2) is 11.1. The number of aromatic nitrogens is 3. The van der Waals surface area contributed by atoms with Crippen LogP contribution in [-0.4, -0.2) is 45.3 Å². The molecule has 0 radical (unpaired) electrons. The second-order valence-corrected chi connectivity index (χ2v) is 8.23. The van der Waals surface area contributed by atoms with Crippen molar-refractivity contribution in [1.29, 1.82) is 0 Å². The van der Waals surface area contributed by atoms with Crippen LogP contribution in [0, 0.1) is 5.92 Å². The molecule has 7 heteroatoms. The molecule has 3 heterocycles. The largest absolute Gasteiger partial charge is 0.357 e. The molecule has 0 aliphatic carbocycles. The Kier molecular flexibility index (Phi) is 8.53. The lowest BCUT2D eigenvalue weighted by Gasteiger charge is -2.40. The van der Waals surface area contributed by atoms with E-state index in [1.54, 1.807) is 0 Å². The lowest BCUT2D eigenvalue weighted by atomic mass is 9.79. The summed E-state index contributed by atoms with van der Waals surface area (Å²) < 4.78 is 2.27. The molecule has 1 saturated heterocycles. The number of likely N-dealkylation sites (tertiary alicyclic amines) is 1. The van der Waals surface area contributed by atoms with Crippen LogP contribution in [0.5, 0.6) is 0 Å². The summed E-state index contributed by atoms with van der Waals surface area (Å²) >= 11 is 0. The number of nitrogens with zero attached hydrogens (tertiary/aromatic N) is 5. The molecule has 0 bridgehead atoms. The zero-order valence-electron chi connectivity index (χ0n) is 18.3. The Bertz CT molecular complexity index is 818. The van der Waals surface area contributed by atoms with Gasteiger partial charge in [-0.1, -0.05) is 43.7 Å². The summed E-state index contributed by atoms with van der Waals surface area (Å²) in [5.74, 6) is 4.44. The molecular weight excluding hydrogens is 487 g/mol. The van der Waals surface area contributed by atoms with Crippen molar-refractivity contribution in [3.05, 3.63) is 47.5 Å². The van der Waals surface area contributed by atoms with E-state index in [-0.39, 0.29) is 24.0 Å². The number of piperidine rings is 1. The lowest BCUT2D eigenvalue weighted by molar-refractivity contribution is 0.215. The van der Waals surface area contributed by atoms with E-state index in [4.69, 9.17) is 4.99 Å². The SMILES string of the molecule is CCNC(=NCc1nnc2n1CCCC2)N1CCC(c2ccccc2)C(CC)C1.I. The van der Waals surface area contributed by atoms with Gasteiger partial charge in [-0.2, -0.15) is 0 Å². The van der Waals surface area contributed by atoms with E-state index in [2.05, 4.69) is 69.2 Å². The van der Waals surface area contributed by atoms with Gasteiger partial charge < -0.3 is 14.8 Å². The second-order valence-electron chi connectivity index (χ2n) is 8.23. The number of nitrogens with one attached hydrogen (secondary N) is 1. The molecule has 0 spiro atoms. The molecule has 2 unspecified atom stereocenters. The number of guanidine groups is 1. The molecule has 164 valence electrons. The van der Waals surface area contributed by atoms with E-state index in [1.165, 1.54) is 31.2 Å². The first-order valence-corrected chi connectivity index (χ1v) is 11.3. The minimum absolute atomic E-state index is 0. The van der Waals surface area contributed by atoms with E-state index in [0.717, 1.165) is 50.2 Å². The molecule has 1 fully saturated rings. The van der Waals surface area contributed by atoms with Crippen LogP contribution in [0.4, 0.5) is 0 Å². The van der Waals surface area contributed by atoms with Crippen molar-refractivity contribution in [2.24, 2.45) is 10.9 Å². The molecule has 4 rings (SSSR count). The van der Waals surface area contributed by atoms with E-state index >= 15 is 0 Å². The van der Waals surface area contributed by atoms with Gasteiger partial charge >= 0.3 is 0 Å². The first-order valence-electron chi connectivity index (χ1n) is 11.3. The van der Waals surface area contributed by atoms with Gasteiger partial charge in [0.25, 0.3) is 0 Å². The number of aliphatic imine (C=N–C) groups is 1. The maximum atomic E-state index is 4.96. The fourth-order valence-electron chi connectivity index (χ4n) is 4.83. The van der Waals surface area contributed by atoms with E-state index in [0.29, 0.717) is 18.4 Å². The van der Waals surface area contributed by atoms with Crippen LogP contribution < -0.4 is 5.32 Å². The Morgan fingerprint density at radius 1 is 1.13 bits per heavy atom. The summed E-state index contributed by atoms with van der Waals surface area (Å²) in [4.78, 5) is 7.41. The minimum Gasteiger partial charge on any atom is -0.357 e. The molecule has 2 aliphatic rings. The Morgan fingerprint density at radius 2 is 1.97 bits per heavy atom. The lowest BCUT2D eigenvalue weighted by Crippen LogP contribution is -2.48. The van der Waals surface area contributed by atoms with Crippen molar-refractivity contribution >= 4 is 29.9 Å². The highest BCUT2D eigenvalue weighted by molar-refractivity contribution is 14.0. The predicted molar refractivity (Wildman–Crippen MR) is 132 cm³/mol. The molecule has 1 N–H and O–H groups in total. The number of halogens is 1. The maximum absolute atomic E-state index is 4.96. The van der Waals surface area contributed by atoms with Gasteiger partial charge in [0.2, 0.25) is 0 Å². The van der Waals surface area contributed by atoms with Gasteiger partial charge in [-0.3, -0.25) is 0 Å². The van der Waals surface area contributed by atoms with Crippen molar-refractivity contribution in [3.8, 4) is 0 Å². The molecule has 2 aromatic rings. The van der Waals surface area contributed by atoms with Crippen LogP contribution >= 0.6 is 24.0 Å². The third-order valence-corrected chi connectivity index (χ3v) is 6.43. The Balaban J connectivity index is 0.00000256. The van der Waals surface area contributed by atoms with Crippen LogP contribution in [0.1, 0.15) is 62.7 Å². The predicted octanol–water partition coefficient (Wildman–Crippen LogP) is 4.21. The van der Waals surface area contributed by atoms with E-state index < -0.39 is 0 Å². The van der Waals surface area contributed by atoms with Gasteiger partial charge in [0.05, 0.1) is 0 Å². The van der Waals surface area contributed by atoms with Crippen LogP contribution in [0.25, 0.3) is 0 Å². The fourth-order valence-corrected chi connectivity index (χ4v) is 4.83. The number of fused-ring (bicyclic) bond motifs is 1. The average Bonchev–Trinajstić information content (AvgIpc) is 3.20. The third-order valence-electron chi connectivity index (χ3n) is 6.43. The van der Waals surface area contributed by atoms with Gasteiger partial charge in [-0.15, -0.1) is 34.2 Å². The van der Waals surface area contributed by atoms with Crippen molar-refractivity contribution in [3.63, 3.8) is 0 Å². The molecule has 1 aromatic heterocycles. The van der Waals surface area contributed by atoms with Crippen LogP contribution in [0.15, 0.2) is 35.3 Å². The summed E-state index contributed by atoms with van der Waals surface area (Å²) in [5, 5.41) is 12.3. The monoisotopic (exact) mass is 522 g/mol.